The second kappa shape index (κ2) is 9.22. The number of carbonyl (C=O) groups excluding carboxylic acids is 3. The molecule has 1 N–H and O–H groups in total. The van der Waals surface area contributed by atoms with Gasteiger partial charge in [-0.05, 0) is 26.8 Å². The largest absolute Gasteiger partial charge is 0.342 e. The minimum absolute atomic E-state index is 0.000240. The van der Waals surface area contributed by atoms with Crippen LogP contribution in [0, 0.1) is 0 Å². The predicted molar refractivity (Wildman–Crippen MR) is 112 cm³/mol. The molecule has 0 aliphatic carbocycles. The molecule has 1 aromatic carbocycles. The normalized spacial score (nSPS) is 14.9. The number of hydrogen-bond acceptors (Lipinski definition) is 3. The number of likely N-dealkylation sites (N-methyl/N-ethyl adjacent to an activating group) is 2. The molecule has 0 atom stereocenters. The summed E-state index contributed by atoms with van der Waals surface area (Å²) in [7, 11) is 0. The number of quaternary nitrogens is 1. The van der Waals surface area contributed by atoms with E-state index in [1.54, 1.807) is 20.6 Å². The fourth-order valence-electron chi connectivity index (χ4n) is 4.02. The summed E-state index contributed by atoms with van der Waals surface area (Å²) in [5, 5.41) is 0.719. The molecule has 1 saturated heterocycles. The molecule has 0 spiro atoms. The van der Waals surface area contributed by atoms with Crippen molar-refractivity contribution in [1.82, 2.24) is 14.4 Å². The zero-order chi connectivity index (χ0) is 21.0. The van der Waals surface area contributed by atoms with E-state index in [4.69, 9.17) is 0 Å². The Labute approximate surface area is 171 Å². The van der Waals surface area contributed by atoms with Gasteiger partial charge in [-0.3, -0.25) is 14.4 Å². The Morgan fingerprint density at radius 1 is 1.03 bits per heavy atom. The average Bonchev–Trinajstić information content (AvgIpc) is 3.12. The molecule has 7 nitrogen and oxygen atoms in total. The van der Waals surface area contributed by atoms with Gasteiger partial charge in [0, 0.05) is 30.2 Å². The van der Waals surface area contributed by atoms with Crippen molar-refractivity contribution in [2.24, 2.45) is 0 Å². The molecular formula is C22H31N4O3+. The Balaban J connectivity index is 1.85. The fraction of sp³-hybridized carbons (Fsp3) is 0.500. The van der Waals surface area contributed by atoms with Crippen molar-refractivity contribution in [2.75, 3.05) is 45.8 Å². The highest BCUT2D eigenvalue weighted by molar-refractivity contribution is 6.44. The molecule has 0 radical (unpaired) electrons. The SMILES string of the molecule is CCN(CC)C(=O)Cn1cc(C(=O)C(=O)N2CC[NH+](CC)CC2)c2ccccc21. The lowest BCUT2D eigenvalue weighted by Crippen LogP contribution is -3.14. The molecule has 1 aliphatic rings. The van der Waals surface area contributed by atoms with Gasteiger partial charge in [0.2, 0.25) is 5.91 Å². The lowest BCUT2D eigenvalue weighted by atomic mass is 10.1. The van der Waals surface area contributed by atoms with Crippen LogP contribution in [0.25, 0.3) is 10.9 Å². The number of rotatable bonds is 7. The summed E-state index contributed by atoms with van der Waals surface area (Å²) in [6.07, 6.45) is 1.67. The van der Waals surface area contributed by atoms with Crippen LogP contribution in [0.3, 0.4) is 0 Å². The Morgan fingerprint density at radius 2 is 1.69 bits per heavy atom. The molecule has 156 valence electrons. The zero-order valence-corrected chi connectivity index (χ0v) is 17.6. The van der Waals surface area contributed by atoms with Crippen molar-refractivity contribution in [3.8, 4) is 0 Å². The summed E-state index contributed by atoms with van der Waals surface area (Å²) in [5.41, 5.74) is 1.17. The van der Waals surface area contributed by atoms with Gasteiger partial charge in [-0.1, -0.05) is 18.2 Å². The number of piperazine rings is 1. The van der Waals surface area contributed by atoms with Crippen LogP contribution in [-0.2, 0) is 16.1 Å². The molecule has 2 aromatic rings. The summed E-state index contributed by atoms with van der Waals surface area (Å²) >= 11 is 0. The van der Waals surface area contributed by atoms with Crippen LogP contribution in [0.2, 0.25) is 0 Å². The van der Waals surface area contributed by atoms with Crippen molar-refractivity contribution in [3.63, 3.8) is 0 Å². The molecule has 2 heterocycles. The third kappa shape index (κ3) is 4.34. The summed E-state index contributed by atoms with van der Waals surface area (Å²) in [5.74, 6) is -0.937. The summed E-state index contributed by atoms with van der Waals surface area (Å²) < 4.78 is 1.79. The first-order chi connectivity index (χ1) is 14.0. The van der Waals surface area contributed by atoms with Crippen molar-refractivity contribution in [1.29, 1.82) is 0 Å². The molecule has 0 unspecified atom stereocenters. The second-order valence-electron chi connectivity index (χ2n) is 7.48. The van der Waals surface area contributed by atoms with E-state index < -0.39 is 11.7 Å². The van der Waals surface area contributed by atoms with Crippen molar-refractivity contribution >= 4 is 28.5 Å². The molecule has 1 aromatic heterocycles. The number of carbonyl (C=O) groups is 3. The molecular weight excluding hydrogens is 368 g/mol. The molecule has 1 fully saturated rings. The third-order valence-electron chi connectivity index (χ3n) is 5.91. The van der Waals surface area contributed by atoms with E-state index in [9.17, 15) is 14.4 Å². The van der Waals surface area contributed by atoms with Crippen LogP contribution < -0.4 is 4.90 Å². The number of fused-ring (bicyclic) bond motifs is 1. The van der Waals surface area contributed by atoms with Crippen molar-refractivity contribution in [2.45, 2.75) is 27.3 Å². The highest BCUT2D eigenvalue weighted by Gasteiger charge is 2.30. The number of benzene rings is 1. The van der Waals surface area contributed by atoms with Gasteiger partial charge in [-0.15, -0.1) is 0 Å². The molecule has 1 aliphatic heterocycles. The van der Waals surface area contributed by atoms with Gasteiger partial charge in [0.25, 0.3) is 11.7 Å². The van der Waals surface area contributed by atoms with Gasteiger partial charge in [0.05, 0.1) is 38.3 Å². The van der Waals surface area contributed by atoms with Crippen LogP contribution >= 0.6 is 0 Å². The van der Waals surface area contributed by atoms with E-state index >= 15 is 0 Å². The van der Waals surface area contributed by atoms with Crippen LogP contribution in [0.1, 0.15) is 31.1 Å². The number of Topliss-reactive ketones (excluding diaryl/α,β-unsaturated/α-hetero) is 1. The lowest BCUT2D eigenvalue weighted by molar-refractivity contribution is -0.902. The van der Waals surface area contributed by atoms with Gasteiger partial charge in [-0.25, -0.2) is 0 Å². The third-order valence-corrected chi connectivity index (χ3v) is 5.91. The molecule has 0 saturated carbocycles. The summed E-state index contributed by atoms with van der Waals surface area (Å²) in [6.45, 7) is 11.4. The Kier molecular flexibility index (Phi) is 6.69. The second-order valence-corrected chi connectivity index (χ2v) is 7.48. The van der Waals surface area contributed by atoms with Crippen molar-refractivity contribution < 1.29 is 19.3 Å². The first-order valence-electron chi connectivity index (χ1n) is 10.5. The predicted octanol–water partition coefficient (Wildman–Crippen LogP) is 0.439. The topological polar surface area (TPSA) is 67.1 Å². The number of hydrogen-bond donors (Lipinski definition) is 1. The molecule has 0 bridgehead atoms. The smallest absolute Gasteiger partial charge is 0.295 e. The van der Waals surface area contributed by atoms with Gasteiger partial charge in [0.1, 0.15) is 6.54 Å². The number of aromatic nitrogens is 1. The Morgan fingerprint density at radius 3 is 2.31 bits per heavy atom. The maximum Gasteiger partial charge on any atom is 0.295 e. The molecule has 2 amide bonds. The van der Waals surface area contributed by atoms with E-state index in [1.807, 2.05) is 38.1 Å². The van der Waals surface area contributed by atoms with Crippen LogP contribution in [0.5, 0.6) is 0 Å². The maximum atomic E-state index is 13.0. The highest BCUT2D eigenvalue weighted by Crippen LogP contribution is 2.23. The lowest BCUT2D eigenvalue weighted by Gasteiger charge is -2.31. The highest BCUT2D eigenvalue weighted by atomic mass is 16.2. The zero-order valence-electron chi connectivity index (χ0n) is 17.6. The van der Waals surface area contributed by atoms with Crippen molar-refractivity contribution in [3.05, 3.63) is 36.0 Å². The summed E-state index contributed by atoms with van der Waals surface area (Å²) in [6, 6.07) is 7.45. The van der Waals surface area contributed by atoms with E-state index in [-0.39, 0.29) is 12.5 Å². The maximum absolute atomic E-state index is 13.0. The van der Waals surface area contributed by atoms with Crippen LogP contribution in [0.15, 0.2) is 30.5 Å². The minimum atomic E-state index is -0.491. The Hall–Kier alpha value is -2.67. The van der Waals surface area contributed by atoms with E-state index in [0.717, 1.165) is 30.5 Å². The summed E-state index contributed by atoms with van der Waals surface area (Å²) in [4.78, 5) is 43.4. The van der Waals surface area contributed by atoms with Gasteiger partial charge in [-0.2, -0.15) is 0 Å². The monoisotopic (exact) mass is 399 g/mol. The van der Waals surface area contributed by atoms with Crippen LogP contribution in [0.4, 0.5) is 0 Å². The van der Waals surface area contributed by atoms with Gasteiger partial charge >= 0.3 is 0 Å². The van der Waals surface area contributed by atoms with Gasteiger partial charge < -0.3 is 19.3 Å². The minimum Gasteiger partial charge on any atom is -0.342 e. The average molecular weight is 400 g/mol. The number of amides is 2. The molecule has 29 heavy (non-hydrogen) atoms. The first kappa shape index (κ1) is 21.0. The van der Waals surface area contributed by atoms with Gasteiger partial charge in [0.15, 0.2) is 0 Å². The first-order valence-corrected chi connectivity index (χ1v) is 10.5. The quantitative estimate of drug-likeness (QED) is 0.543. The van der Waals surface area contributed by atoms with E-state index in [0.29, 0.717) is 31.7 Å². The standard InChI is InChI=1S/C22H30N4O3/c1-4-23-11-13-25(14-12-23)22(29)21(28)18-15-26(16-20(27)24(5-2)6-3)19-10-8-7-9-17(18)19/h7-10,15H,4-6,11-14,16H2,1-3H3/p+1. The van der Waals surface area contributed by atoms with Crippen LogP contribution in [-0.4, -0.2) is 77.8 Å². The molecule has 7 heteroatoms. The fourth-order valence-corrected chi connectivity index (χ4v) is 4.02. The Bertz CT molecular complexity index is 893. The van der Waals surface area contributed by atoms with E-state index in [1.165, 1.54) is 4.90 Å². The van der Waals surface area contributed by atoms with E-state index in [2.05, 4.69) is 6.92 Å². The number of para-hydroxylation sites is 1. The number of ketones is 1. The number of nitrogens with one attached hydrogen (secondary N) is 1. The number of nitrogens with zero attached hydrogens (tertiary/aromatic N) is 3. The molecule has 3 rings (SSSR count).